The smallest absolute Gasteiger partial charge is 0.294 e. The van der Waals surface area contributed by atoms with Gasteiger partial charge in [-0.05, 0) is 53.9 Å². The Balaban J connectivity index is 1.83. The van der Waals surface area contributed by atoms with Crippen LogP contribution in [-0.4, -0.2) is 39.1 Å². The van der Waals surface area contributed by atoms with E-state index in [9.17, 15) is 18.0 Å². The Morgan fingerprint density at radius 1 is 1.03 bits per heavy atom. The molecule has 1 aliphatic heterocycles. The van der Waals surface area contributed by atoms with Crippen molar-refractivity contribution in [3.8, 4) is 11.1 Å². The Labute approximate surface area is 187 Å². The molecular weight excluding hydrogens is 428 g/mol. The van der Waals surface area contributed by atoms with E-state index in [4.69, 9.17) is 4.42 Å². The van der Waals surface area contributed by atoms with Gasteiger partial charge in [0, 0.05) is 19.7 Å². The fourth-order valence-corrected chi connectivity index (χ4v) is 4.70. The number of carbonyl (C=O) groups is 2. The SMILES string of the molecule is CC[C@H]1CN(C(=O)c2ccco2)c2cc(-c3ccc(S(C)(=O)=O)cc3)ccc2N1C(C)=O. The van der Waals surface area contributed by atoms with Crippen LogP contribution in [0.5, 0.6) is 0 Å². The van der Waals surface area contributed by atoms with Crippen molar-refractivity contribution < 1.29 is 22.4 Å². The minimum Gasteiger partial charge on any atom is -0.459 e. The summed E-state index contributed by atoms with van der Waals surface area (Å²) >= 11 is 0. The number of amides is 2. The molecule has 8 heteroatoms. The number of hydrogen-bond acceptors (Lipinski definition) is 5. The molecule has 0 saturated heterocycles. The van der Waals surface area contributed by atoms with Crippen molar-refractivity contribution in [1.29, 1.82) is 0 Å². The molecule has 3 aromatic rings. The molecule has 0 unspecified atom stereocenters. The summed E-state index contributed by atoms with van der Waals surface area (Å²) in [4.78, 5) is 29.3. The summed E-state index contributed by atoms with van der Waals surface area (Å²) in [5, 5.41) is 0. The molecule has 2 aromatic carbocycles. The number of fused-ring (bicyclic) bond motifs is 1. The van der Waals surface area contributed by atoms with Crippen LogP contribution in [-0.2, 0) is 14.6 Å². The van der Waals surface area contributed by atoms with Crippen LogP contribution in [0.25, 0.3) is 11.1 Å². The number of benzene rings is 2. The van der Waals surface area contributed by atoms with Crippen molar-refractivity contribution in [1.82, 2.24) is 0 Å². The molecule has 1 aliphatic rings. The molecule has 0 fully saturated rings. The lowest BCUT2D eigenvalue weighted by atomic mass is 9.99. The van der Waals surface area contributed by atoms with Gasteiger partial charge in [0.2, 0.25) is 5.91 Å². The first-order valence-corrected chi connectivity index (χ1v) is 12.2. The number of rotatable bonds is 4. The highest BCUT2D eigenvalue weighted by atomic mass is 32.2. The summed E-state index contributed by atoms with van der Waals surface area (Å²) in [7, 11) is -3.29. The maximum Gasteiger partial charge on any atom is 0.294 e. The highest BCUT2D eigenvalue weighted by Crippen LogP contribution is 2.40. The molecule has 0 radical (unpaired) electrons. The maximum atomic E-state index is 13.2. The number of nitrogens with zero attached hydrogens (tertiary/aromatic N) is 2. The summed E-state index contributed by atoms with van der Waals surface area (Å²) in [6, 6.07) is 15.3. The van der Waals surface area contributed by atoms with Crippen LogP contribution in [0.3, 0.4) is 0 Å². The first kappa shape index (κ1) is 21.8. The minimum atomic E-state index is -3.29. The average molecular weight is 453 g/mol. The van der Waals surface area contributed by atoms with Crippen molar-refractivity contribution in [2.75, 3.05) is 22.6 Å². The molecule has 32 heavy (non-hydrogen) atoms. The Hall–Kier alpha value is -3.39. The fourth-order valence-electron chi connectivity index (χ4n) is 4.07. The molecule has 7 nitrogen and oxygen atoms in total. The minimum absolute atomic E-state index is 0.0894. The van der Waals surface area contributed by atoms with Crippen LogP contribution < -0.4 is 9.80 Å². The summed E-state index contributed by atoms with van der Waals surface area (Å²) in [5.41, 5.74) is 2.88. The van der Waals surface area contributed by atoms with Gasteiger partial charge in [0.1, 0.15) is 0 Å². The summed E-state index contributed by atoms with van der Waals surface area (Å²) < 4.78 is 28.9. The van der Waals surface area contributed by atoms with Gasteiger partial charge in [0.25, 0.3) is 5.91 Å². The van der Waals surface area contributed by atoms with Crippen LogP contribution in [0.15, 0.2) is 70.2 Å². The van der Waals surface area contributed by atoms with Crippen LogP contribution in [0, 0.1) is 0 Å². The topological polar surface area (TPSA) is 87.9 Å². The molecular formula is C24H24N2O5S. The Morgan fingerprint density at radius 3 is 2.28 bits per heavy atom. The van der Waals surface area contributed by atoms with Crippen molar-refractivity contribution in [2.45, 2.75) is 31.2 Å². The number of sulfone groups is 1. The predicted molar refractivity (Wildman–Crippen MR) is 123 cm³/mol. The van der Waals surface area contributed by atoms with Crippen molar-refractivity contribution >= 4 is 33.0 Å². The van der Waals surface area contributed by atoms with Gasteiger partial charge in [-0.3, -0.25) is 9.59 Å². The molecule has 0 aliphatic carbocycles. The van der Waals surface area contributed by atoms with E-state index in [1.54, 1.807) is 46.2 Å². The standard InChI is InChI=1S/C24H24N2O5S/c1-4-19-15-25(24(28)23-6-5-13-31-23)22-14-18(9-12-21(22)26(19)16(2)27)17-7-10-20(11-8-17)32(3,29)30/h5-14,19H,4,15H2,1-3H3/t19-/m0/s1. The fraction of sp³-hybridized carbons (Fsp3) is 0.250. The van der Waals surface area contributed by atoms with E-state index in [1.807, 2.05) is 25.1 Å². The second-order valence-electron chi connectivity index (χ2n) is 7.84. The van der Waals surface area contributed by atoms with E-state index in [0.717, 1.165) is 11.1 Å². The largest absolute Gasteiger partial charge is 0.459 e. The Morgan fingerprint density at radius 2 is 1.72 bits per heavy atom. The van der Waals surface area contributed by atoms with Gasteiger partial charge in [-0.15, -0.1) is 0 Å². The van der Waals surface area contributed by atoms with E-state index in [1.165, 1.54) is 19.4 Å². The van der Waals surface area contributed by atoms with E-state index < -0.39 is 9.84 Å². The van der Waals surface area contributed by atoms with E-state index >= 15 is 0 Å². The number of furan rings is 1. The first-order chi connectivity index (χ1) is 15.2. The second kappa shape index (κ2) is 8.27. The molecule has 0 spiro atoms. The molecule has 0 saturated carbocycles. The third-order valence-corrected chi connectivity index (χ3v) is 6.82. The van der Waals surface area contributed by atoms with Crippen LogP contribution >= 0.6 is 0 Å². The van der Waals surface area contributed by atoms with Gasteiger partial charge in [-0.1, -0.05) is 25.1 Å². The summed E-state index contributed by atoms with van der Waals surface area (Å²) in [6.07, 6.45) is 3.31. The highest BCUT2D eigenvalue weighted by molar-refractivity contribution is 7.90. The third-order valence-electron chi connectivity index (χ3n) is 5.69. The molecule has 1 aromatic heterocycles. The predicted octanol–water partition coefficient (Wildman–Crippen LogP) is 4.14. The summed E-state index contributed by atoms with van der Waals surface area (Å²) in [6.45, 7) is 3.85. The quantitative estimate of drug-likeness (QED) is 0.594. The van der Waals surface area contributed by atoms with E-state index in [-0.39, 0.29) is 28.5 Å². The van der Waals surface area contributed by atoms with Crippen LogP contribution in [0.4, 0.5) is 11.4 Å². The van der Waals surface area contributed by atoms with Gasteiger partial charge >= 0.3 is 0 Å². The van der Waals surface area contributed by atoms with Crippen molar-refractivity contribution in [2.24, 2.45) is 0 Å². The summed E-state index contributed by atoms with van der Waals surface area (Å²) in [5.74, 6) is -0.138. The van der Waals surface area contributed by atoms with Crippen molar-refractivity contribution in [3.05, 3.63) is 66.6 Å². The molecule has 2 amide bonds. The lowest BCUT2D eigenvalue weighted by Crippen LogP contribution is -2.52. The lowest BCUT2D eigenvalue weighted by Gasteiger charge is -2.42. The Kier molecular flexibility index (Phi) is 5.64. The molecule has 0 bridgehead atoms. The lowest BCUT2D eigenvalue weighted by molar-refractivity contribution is -0.117. The third kappa shape index (κ3) is 3.93. The van der Waals surface area contributed by atoms with Crippen LogP contribution in [0.1, 0.15) is 30.8 Å². The zero-order valence-electron chi connectivity index (χ0n) is 18.1. The molecule has 166 valence electrons. The number of hydrogen-bond donors (Lipinski definition) is 0. The first-order valence-electron chi connectivity index (χ1n) is 10.3. The molecule has 2 heterocycles. The molecule has 1 atom stereocenters. The van der Waals surface area contributed by atoms with E-state index in [2.05, 4.69) is 0 Å². The van der Waals surface area contributed by atoms with Gasteiger partial charge in [-0.25, -0.2) is 8.42 Å². The average Bonchev–Trinajstić information content (AvgIpc) is 3.31. The number of anilines is 2. The molecule has 4 rings (SSSR count). The van der Waals surface area contributed by atoms with E-state index in [0.29, 0.717) is 24.3 Å². The number of carbonyl (C=O) groups excluding carboxylic acids is 2. The normalized spacial score (nSPS) is 16.0. The zero-order chi connectivity index (χ0) is 23.0. The van der Waals surface area contributed by atoms with Gasteiger partial charge < -0.3 is 14.2 Å². The molecule has 0 N–H and O–H groups in total. The van der Waals surface area contributed by atoms with Crippen molar-refractivity contribution in [3.63, 3.8) is 0 Å². The maximum absolute atomic E-state index is 13.2. The second-order valence-corrected chi connectivity index (χ2v) is 9.86. The Bertz CT molecular complexity index is 1260. The van der Waals surface area contributed by atoms with Gasteiger partial charge in [-0.2, -0.15) is 0 Å². The van der Waals surface area contributed by atoms with Gasteiger partial charge in [0.15, 0.2) is 15.6 Å². The highest BCUT2D eigenvalue weighted by Gasteiger charge is 2.36. The van der Waals surface area contributed by atoms with Crippen LogP contribution in [0.2, 0.25) is 0 Å². The van der Waals surface area contributed by atoms with Gasteiger partial charge in [0.05, 0.1) is 28.6 Å². The monoisotopic (exact) mass is 452 g/mol. The zero-order valence-corrected chi connectivity index (χ0v) is 18.9.